The summed E-state index contributed by atoms with van der Waals surface area (Å²) in [6.45, 7) is 12.3. The van der Waals surface area contributed by atoms with Gasteiger partial charge in [-0.25, -0.2) is 14.5 Å². The third-order valence-electron chi connectivity index (χ3n) is 8.90. The summed E-state index contributed by atoms with van der Waals surface area (Å²) in [5, 5.41) is 11.7. The minimum Gasteiger partial charge on any atom is -0.332 e. The summed E-state index contributed by atoms with van der Waals surface area (Å²) in [5.74, 6) is 1.33. The summed E-state index contributed by atoms with van der Waals surface area (Å²) >= 11 is 1.52. The van der Waals surface area contributed by atoms with Crippen LogP contribution in [0.4, 0.5) is 16.3 Å². The minimum absolute atomic E-state index is 0.163. The van der Waals surface area contributed by atoms with Gasteiger partial charge in [-0.15, -0.1) is 11.3 Å². The molecule has 3 amide bonds. The molecule has 2 aromatic heterocycles. The third-order valence-corrected chi connectivity index (χ3v) is 9.96. The van der Waals surface area contributed by atoms with E-state index in [4.69, 9.17) is 5.10 Å². The highest BCUT2D eigenvalue weighted by Crippen LogP contribution is 2.41. The number of nitrogens with one attached hydrogen (secondary N) is 2. The Hall–Kier alpha value is -3.98. The lowest BCUT2D eigenvalue weighted by Gasteiger charge is -2.39. The number of fused-ring (bicyclic) bond motifs is 2. The standard InChI is InChI=1S/C35H42N6O2S/c1-21-7-13-27(14-8-21)41-31(20-30(39-41)35(4,5)6)38-34(43)37-26-11-9-24(10-12-26)17-25-18-28-15-16-29(19-25)40(28)33(42)32-22(2)36-23(3)44-32/h7-14,20,25,28-29H,15-19H2,1-6H3,(H2,37,38,43). The first-order chi connectivity index (χ1) is 20.9. The van der Waals surface area contributed by atoms with Gasteiger partial charge in [0.05, 0.1) is 22.1 Å². The lowest BCUT2D eigenvalue weighted by molar-refractivity contribution is 0.0528. The van der Waals surface area contributed by atoms with Crippen LogP contribution in [0.2, 0.25) is 0 Å². The third kappa shape index (κ3) is 6.29. The zero-order valence-corrected chi connectivity index (χ0v) is 27.3. The van der Waals surface area contributed by atoms with Gasteiger partial charge >= 0.3 is 6.03 Å². The molecule has 8 nitrogen and oxygen atoms in total. The molecule has 2 aliphatic rings. The summed E-state index contributed by atoms with van der Waals surface area (Å²) < 4.78 is 1.79. The van der Waals surface area contributed by atoms with Crippen LogP contribution in [0.3, 0.4) is 0 Å². The molecule has 2 fully saturated rings. The van der Waals surface area contributed by atoms with Crippen molar-refractivity contribution in [2.24, 2.45) is 5.92 Å². The maximum Gasteiger partial charge on any atom is 0.324 e. The van der Waals surface area contributed by atoms with Crippen molar-refractivity contribution >= 4 is 34.8 Å². The molecule has 2 bridgehead atoms. The molecule has 2 atom stereocenters. The Morgan fingerprint density at radius 3 is 2.18 bits per heavy atom. The number of aryl methyl sites for hydroxylation is 3. The number of amides is 3. The van der Waals surface area contributed by atoms with E-state index in [0.717, 1.165) is 70.3 Å². The second kappa shape index (κ2) is 11.8. The number of hydrogen-bond acceptors (Lipinski definition) is 5. The first-order valence-electron chi connectivity index (χ1n) is 15.6. The van der Waals surface area contributed by atoms with E-state index in [9.17, 15) is 9.59 Å². The molecule has 2 saturated heterocycles. The Kier molecular flexibility index (Phi) is 8.09. The van der Waals surface area contributed by atoms with Crippen LogP contribution < -0.4 is 10.6 Å². The summed E-state index contributed by atoms with van der Waals surface area (Å²) in [6.07, 6.45) is 5.22. The second-order valence-corrected chi connectivity index (χ2v) is 14.7. The SMILES string of the molecule is Cc1ccc(-n2nc(C(C)(C)C)cc2NC(=O)Nc2ccc(CC3CC4CCC(C3)N4C(=O)c3sc(C)nc3C)cc2)cc1. The lowest BCUT2D eigenvalue weighted by Crippen LogP contribution is -2.46. The van der Waals surface area contributed by atoms with E-state index in [1.54, 1.807) is 4.68 Å². The first-order valence-corrected chi connectivity index (χ1v) is 16.4. The average Bonchev–Trinajstić information content (AvgIpc) is 3.62. The molecule has 2 aliphatic heterocycles. The van der Waals surface area contributed by atoms with Crippen LogP contribution in [-0.4, -0.2) is 43.7 Å². The van der Waals surface area contributed by atoms with Crippen molar-refractivity contribution < 1.29 is 9.59 Å². The number of urea groups is 1. The maximum absolute atomic E-state index is 13.4. The second-order valence-electron chi connectivity index (χ2n) is 13.5. The van der Waals surface area contributed by atoms with E-state index in [2.05, 4.69) is 53.4 Å². The summed E-state index contributed by atoms with van der Waals surface area (Å²) in [5.41, 5.74) is 5.63. The van der Waals surface area contributed by atoms with Crippen LogP contribution >= 0.6 is 11.3 Å². The minimum atomic E-state index is -0.313. The molecule has 0 spiro atoms. The fourth-order valence-electron chi connectivity index (χ4n) is 6.69. The Balaban J connectivity index is 1.07. The van der Waals surface area contributed by atoms with Gasteiger partial charge in [0.15, 0.2) is 0 Å². The van der Waals surface area contributed by atoms with Crippen LogP contribution in [-0.2, 0) is 11.8 Å². The van der Waals surface area contributed by atoms with Crippen LogP contribution in [0.1, 0.15) is 83.6 Å². The van der Waals surface area contributed by atoms with Gasteiger partial charge in [0, 0.05) is 29.3 Å². The van der Waals surface area contributed by atoms with Gasteiger partial charge in [-0.3, -0.25) is 10.1 Å². The largest absolute Gasteiger partial charge is 0.332 e. The van der Waals surface area contributed by atoms with Crippen molar-refractivity contribution in [2.45, 2.75) is 91.1 Å². The highest BCUT2D eigenvalue weighted by atomic mass is 32.1. The number of aromatic nitrogens is 3. The number of carbonyl (C=O) groups excluding carboxylic acids is 2. The van der Waals surface area contributed by atoms with Crippen LogP contribution in [0, 0.1) is 26.7 Å². The number of rotatable bonds is 6. The molecule has 230 valence electrons. The summed E-state index contributed by atoms with van der Waals surface area (Å²) in [6, 6.07) is 18.5. The molecule has 0 aliphatic carbocycles. The topological polar surface area (TPSA) is 92.2 Å². The van der Waals surface area contributed by atoms with Crippen LogP contribution in [0.25, 0.3) is 5.69 Å². The van der Waals surface area contributed by atoms with Crippen molar-refractivity contribution in [1.29, 1.82) is 0 Å². The van der Waals surface area contributed by atoms with Gasteiger partial charge in [-0.05, 0) is 88.6 Å². The van der Waals surface area contributed by atoms with Gasteiger partial charge < -0.3 is 10.2 Å². The smallest absolute Gasteiger partial charge is 0.324 e. The molecular weight excluding hydrogens is 568 g/mol. The van der Waals surface area contributed by atoms with Gasteiger partial charge in [-0.1, -0.05) is 50.6 Å². The van der Waals surface area contributed by atoms with Crippen molar-refractivity contribution in [2.75, 3.05) is 10.6 Å². The molecule has 9 heteroatoms. The fraction of sp³-hybridized carbons (Fsp3) is 0.429. The lowest BCUT2D eigenvalue weighted by atomic mass is 9.85. The van der Waals surface area contributed by atoms with Crippen molar-refractivity contribution in [3.8, 4) is 5.69 Å². The molecule has 2 unspecified atom stereocenters. The number of hydrogen-bond donors (Lipinski definition) is 2. The Labute approximate surface area is 263 Å². The molecule has 4 aromatic rings. The normalized spacial score (nSPS) is 19.7. The number of carbonyl (C=O) groups is 2. The van der Waals surface area contributed by atoms with E-state index in [-0.39, 0.29) is 17.4 Å². The average molecular weight is 611 g/mol. The van der Waals surface area contributed by atoms with E-state index in [0.29, 0.717) is 23.8 Å². The predicted molar refractivity (Wildman–Crippen MR) is 177 cm³/mol. The van der Waals surface area contributed by atoms with E-state index < -0.39 is 0 Å². The van der Waals surface area contributed by atoms with Gasteiger partial charge in [0.2, 0.25) is 0 Å². The van der Waals surface area contributed by atoms with Crippen molar-refractivity contribution in [3.63, 3.8) is 0 Å². The quantitative estimate of drug-likeness (QED) is 0.233. The van der Waals surface area contributed by atoms with Gasteiger partial charge in [0.25, 0.3) is 5.91 Å². The predicted octanol–water partition coefficient (Wildman–Crippen LogP) is 7.82. The van der Waals surface area contributed by atoms with E-state index >= 15 is 0 Å². The molecule has 2 aromatic carbocycles. The zero-order chi connectivity index (χ0) is 31.2. The number of benzene rings is 2. The Morgan fingerprint density at radius 2 is 1.59 bits per heavy atom. The van der Waals surface area contributed by atoms with E-state index in [1.807, 2.05) is 63.2 Å². The molecule has 6 rings (SSSR count). The highest BCUT2D eigenvalue weighted by molar-refractivity contribution is 7.13. The molecule has 2 N–H and O–H groups in total. The monoisotopic (exact) mass is 610 g/mol. The summed E-state index contributed by atoms with van der Waals surface area (Å²) in [4.78, 5) is 33.9. The van der Waals surface area contributed by atoms with Crippen molar-refractivity contribution in [3.05, 3.63) is 87.0 Å². The Bertz CT molecular complexity index is 1650. The molecule has 4 heterocycles. The number of thiazole rings is 1. The molecule has 0 saturated carbocycles. The van der Waals surface area contributed by atoms with Gasteiger partial charge in [0.1, 0.15) is 10.7 Å². The number of anilines is 2. The molecular formula is C35H42N6O2S. The molecule has 44 heavy (non-hydrogen) atoms. The van der Waals surface area contributed by atoms with Crippen LogP contribution in [0.5, 0.6) is 0 Å². The first kappa shape index (κ1) is 30.1. The number of piperidine rings is 1. The Morgan fingerprint density at radius 1 is 0.932 bits per heavy atom. The summed E-state index contributed by atoms with van der Waals surface area (Å²) in [7, 11) is 0. The van der Waals surface area contributed by atoms with Gasteiger partial charge in [-0.2, -0.15) is 5.10 Å². The molecule has 0 radical (unpaired) electrons. The maximum atomic E-state index is 13.4. The fourth-order valence-corrected chi connectivity index (χ4v) is 7.55. The van der Waals surface area contributed by atoms with Crippen LogP contribution in [0.15, 0.2) is 54.6 Å². The van der Waals surface area contributed by atoms with E-state index in [1.165, 1.54) is 16.9 Å². The number of nitrogens with zero attached hydrogens (tertiary/aromatic N) is 4. The highest BCUT2D eigenvalue weighted by Gasteiger charge is 2.44. The zero-order valence-electron chi connectivity index (χ0n) is 26.5. The van der Waals surface area contributed by atoms with Crippen molar-refractivity contribution in [1.82, 2.24) is 19.7 Å².